The molecule has 0 aliphatic heterocycles. The number of hydrazine groups is 1. The van der Waals surface area contributed by atoms with Crippen molar-refractivity contribution < 1.29 is 13.9 Å². The monoisotopic (exact) mass is 295 g/mol. The molecule has 0 radical (unpaired) electrons. The number of carbonyl (C=O) groups is 1. The molecule has 0 unspecified atom stereocenters. The highest BCUT2D eigenvalue weighted by molar-refractivity contribution is 6.32. The summed E-state index contributed by atoms with van der Waals surface area (Å²) in [7, 11) is 0. The number of nitrogens with two attached hydrogens (primary N) is 1. The van der Waals surface area contributed by atoms with Crippen molar-refractivity contribution in [3.8, 4) is 5.75 Å². The third-order valence-electron chi connectivity index (χ3n) is 2.44. The number of nitrogen functional groups attached to an aromatic ring is 1. The largest absolute Gasteiger partial charge is 0.486 e. The number of rotatable bonds is 4. The molecule has 20 heavy (non-hydrogen) atoms. The smallest absolute Gasteiger partial charge is 0.283 e. The Kier molecular flexibility index (Phi) is 4.49. The molecule has 3 N–H and O–H groups in total. The van der Waals surface area contributed by atoms with E-state index in [0.717, 1.165) is 6.07 Å². The van der Waals surface area contributed by atoms with Crippen LogP contribution in [-0.4, -0.2) is 10.9 Å². The molecule has 2 aromatic rings. The highest BCUT2D eigenvalue weighted by atomic mass is 35.5. The second kappa shape index (κ2) is 6.31. The van der Waals surface area contributed by atoms with E-state index in [1.165, 1.54) is 18.2 Å². The fourth-order valence-corrected chi connectivity index (χ4v) is 1.73. The van der Waals surface area contributed by atoms with Gasteiger partial charge in [0.15, 0.2) is 0 Å². The second-order valence-corrected chi connectivity index (χ2v) is 4.26. The first kappa shape index (κ1) is 14.2. The standard InChI is InChI=1S/C13H11ClFN3O2/c14-10-6-8(15)4-5-12(10)20-7-9-2-1-3-11(17-9)13(19)18-16/h1-6H,7,16H2,(H,18,19). The van der Waals surface area contributed by atoms with Crippen molar-refractivity contribution in [2.75, 3.05) is 0 Å². The molecule has 0 bridgehead atoms. The lowest BCUT2D eigenvalue weighted by molar-refractivity contribution is 0.0948. The maximum Gasteiger partial charge on any atom is 0.283 e. The zero-order valence-corrected chi connectivity index (χ0v) is 11.0. The maximum absolute atomic E-state index is 12.9. The topological polar surface area (TPSA) is 77.2 Å². The summed E-state index contributed by atoms with van der Waals surface area (Å²) >= 11 is 5.83. The fourth-order valence-electron chi connectivity index (χ4n) is 1.50. The molecule has 2 rings (SSSR count). The minimum absolute atomic E-state index is 0.0943. The van der Waals surface area contributed by atoms with E-state index in [-0.39, 0.29) is 17.3 Å². The molecule has 1 amide bonds. The molecule has 1 aromatic carbocycles. The average Bonchev–Trinajstić information content (AvgIpc) is 2.46. The van der Waals surface area contributed by atoms with E-state index >= 15 is 0 Å². The Hall–Kier alpha value is -2.18. The van der Waals surface area contributed by atoms with Crippen LogP contribution in [0.15, 0.2) is 36.4 Å². The van der Waals surface area contributed by atoms with E-state index < -0.39 is 11.7 Å². The number of nitrogens with zero attached hydrogens (tertiary/aromatic N) is 1. The van der Waals surface area contributed by atoms with E-state index in [4.69, 9.17) is 22.2 Å². The number of aromatic nitrogens is 1. The molecule has 104 valence electrons. The molecule has 0 spiro atoms. The Labute approximate surface area is 119 Å². The summed E-state index contributed by atoms with van der Waals surface area (Å²) in [5, 5.41) is 0.167. The third kappa shape index (κ3) is 3.43. The highest BCUT2D eigenvalue weighted by Crippen LogP contribution is 2.25. The normalized spacial score (nSPS) is 10.2. The summed E-state index contributed by atoms with van der Waals surface area (Å²) in [5.41, 5.74) is 2.69. The van der Waals surface area contributed by atoms with Crippen molar-refractivity contribution in [1.29, 1.82) is 0 Å². The number of benzene rings is 1. The minimum atomic E-state index is -0.494. The molecule has 0 saturated heterocycles. The Morgan fingerprint density at radius 3 is 2.90 bits per heavy atom. The number of pyridine rings is 1. The zero-order chi connectivity index (χ0) is 14.5. The van der Waals surface area contributed by atoms with Gasteiger partial charge in [-0.15, -0.1) is 0 Å². The van der Waals surface area contributed by atoms with Gasteiger partial charge in [0, 0.05) is 0 Å². The van der Waals surface area contributed by atoms with Gasteiger partial charge < -0.3 is 4.74 Å². The van der Waals surface area contributed by atoms with Gasteiger partial charge in [0.2, 0.25) is 0 Å². The van der Waals surface area contributed by atoms with Crippen LogP contribution in [-0.2, 0) is 6.61 Å². The maximum atomic E-state index is 12.9. The van der Waals surface area contributed by atoms with Gasteiger partial charge in [-0.2, -0.15) is 0 Å². The Morgan fingerprint density at radius 2 is 2.20 bits per heavy atom. The van der Waals surface area contributed by atoms with Crippen molar-refractivity contribution in [1.82, 2.24) is 10.4 Å². The van der Waals surface area contributed by atoms with Gasteiger partial charge in [0.25, 0.3) is 5.91 Å². The van der Waals surface area contributed by atoms with Crippen molar-refractivity contribution in [2.24, 2.45) is 5.84 Å². The number of hydrogen-bond acceptors (Lipinski definition) is 4. The minimum Gasteiger partial charge on any atom is -0.486 e. The summed E-state index contributed by atoms with van der Waals surface area (Å²) in [6.07, 6.45) is 0. The molecule has 0 aliphatic rings. The molecule has 0 saturated carbocycles. The van der Waals surface area contributed by atoms with Gasteiger partial charge in [-0.05, 0) is 30.3 Å². The van der Waals surface area contributed by atoms with Crippen LogP contribution in [0, 0.1) is 5.82 Å². The molecular formula is C13H11ClFN3O2. The van der Waals surface area contributed by atoms with Crippen LogP contribution in [0.3, 0.4) is 0 Å². The Balaban J connectivity index is 2.09. The summed E-state index contributed by atoms with van der Waals surface area (Å²) in [6, 6.07) is 8.69. The summed E-state index contributed by atoms with van der Waals surface area (Å²) < 4.78 is 18.3. The average molecular weight is 296 g/mol. The van der Waals surface area contributed by atoms with Crippen LogP contribution in [0.1, 0.15) is 16.2 Å². The lowest BCUT2D eigenvalue weighted by Crippen LogP contribution is -2.30. The summed E-state index contributed by atoms with van der Waals surface area (Å²) in [6.45, 7) is 0.0943. The van der Waals surface area contributed by atoms with Crippen LogP contribution >= 0.6 is 11.6 Å². The summed E-state index contributed by atoms with van der Waals surface area (Å²) in [5.74, 6) is 4.43. The van der Waals surface area contributed by atoms with Gasteiger partial charge in [-0.25, -0.2) is 15.2 Å². The van der Waals surface area contributed by atoms with Crippen molar-refractivity contribution in [3.05, 3.63) is 58.6 Å². The second-order valence-electron chi connectivity index (χ2n) is 3.85. The van der Waals surface area contributed by atoms with Crippen molar-refractivity contribution in [3.63, 3.8) is 0 Å². The first-order valence-electron chi connectivity index (χ1n) is 5.65. The fraction of sp³-hybridized carbons (Fsp3) is 0.0769. The van der Waals surface area contributed by atoms with Gasteiger partial charge in [-0.3, -0.25) is 10.2 Å². The molecule has 0 atom stereocenters. The predicted molar refractivity (Wildman–Crippen MR) is 71.6 cm³/mol. The number of hydrogen-bond donors (Lipinski definition) is 2. The number of halogens is 2. The van der Waals surface area contributed by atoms with Crippen LogP contribution in [0.4, 0.5) is 4.39 Å². The first-order valence-corrected chi connectivity index (χ1v) is 6.02. The number of carbonyl (C=O) groups excluding carboxylic acids is 1. The number of amides is 1. The van der Waals surface area contributed by atoms with E-state index in [1.54, 1.807) is 12.1 Å². The van der Waals surface area contributed by atoms with E-state index in [1.807, 2.05) is 5.43 Å². The van der Waals surface area contributed by atoms with Gasteiger partial charge in [-0.1, -0.05) is 17.7 Å². The lowest BCUT2D eigenvalue weighted by atomic mass is 10.3. The van der Waals surface area contributed by atoms with Crippen LogP contribution in [0.5, 0.6) is 5.75 Å². The molecule has 1 heterocycles. The molecule has 0 aliphatic carbocycles. The lowest BCUT2D eigenvalue weighted by Gasteiger charge is -2.08. The van der Waals surface area contributed by atoms with Crippen molar-refractivity contribution in [2.45, 2.75) is 6.61 Å². The molecular weight excluding hydrogens is 285 g/mol. The Morgan fingerprint density at radius 1 is 1.40 bits per heavy atom. The SMILES string of the molecule is NNC(=O)c1cccc(COc2ccc(F)cc2Cl)n1. The predicted octanol–water partition coefficient (Wildman–Crippen LogP) is 2.06. The van der Waals surface area contributed by atoms with E-state index in [2.05, 4.69) is 4.98 Å². The van der Waals surface area contributed by atoms with Gasteiger partial charge >= 0.3 is 0 Å². The van der Waals surface area contributed by atoms with Crippen LogP contribution in [0.25, 0.3) is 0 Å². The van der Waals surface area contributed by atoms with Gasteiger partial charge in [0.05, 0.1) is 10.7 Å². The highest BCUT2D eigenvalue weighted by Gasteiger charge is 2.07. The van der Waals surface area contributed by atoms with E-state index in [0.29, 0.717) is 11.4 Å². The quantitative estimate of drug-likeness (QED) is 0.514. The van der Waals surface area contributed by atoms with Gasteiger partial charge in [0.1, 0.15) is 23.9 Å². The van der Waals surface area contributed by atoms with Crippen LogP contribution < -0.4 is 16.0 Å². The number of nitrogens with one attached hydrogen (secondary N) is 1. The van der Waals surface area contributed by atoms with Crippen molar-refractivity contribution >= 4 is 17.5 Å². The zero-order valence-electron chi connectivity index (χ0n) is 10.3. The molecule has 1 aromatic heterocycles. The third-order valence-corrected chi connectivity index (χ3v) is 2.74. The Bertz CT molecular complexity index is 637. The molecule has 0 fully saturated rings. The first-order chi connectivity index (χ1) is 9.60. The molecule has 7 heteroatoms. The number of ether oxygens (including phenoxy) is 1. The molecule has 5 nitrogen and oxygen atoms in total. The van der Waals surface area contributed by atoms with Crippen LogP contribution in [0.2, 0.25) is 5.02 Å². The summed E-state index contributed by atoms with van der Waals surface area (Å²) in [4.78, 5) is 15.4. The van der Waals surface area contributed by atoms with E-state index in [9.17, 15) is 9.18 Å².